The fourth-order valence-corrected chi connectivity index (χ4v) is 2.20. The molecule has 0 aliphatic carbocycles. The van der Waals surface area contributed by atoms with Crippen LogP contribution in [0.4, 0.5) is 10.5 Å². The van der Waals surface area contributed by atoms with Gasteiger partial charge in [0.1, 0.15) is 5.60 Å². The first-order chi connectivity index (χ1) is 11.0. The van der Waals surface area contributed by atoms with E-state index in [1.54, 1.807) is 34.9 Å². The topological polar surface area (TPSA) is 94.7 Å². The summed E-state index contributed by atoms with van der Waals surface area (Å²) in [5.41, 5.74) is -0.381. The van der Waals surface area contributed by atoms with Crippen molar-refractivity contribution in [2.45, 2.75) is 26.4 Å². The lowest BCUT2D eigenvalue weighted by molar-refractivity contribution is -0.384. The molecule has 0 spiro atoms. The van der Waals surface area contributed by atoms with Gasteiger partial charge < -0.3 is 9.64 Å². The largest absolute Gasteiger partial charge is 0.443 e. The van der Waals surface area contributed by atoms with Gasteiger partial charge in [-0.1, -0.05) is 0 Å². The Morgan fingerprint density at radius 1 is 1.25 bits per heavy atom. The number of amides is 1. The van der Waals surface area contributed by atoms with Crippen LogP contribution in [0.3, 0.4) is 0 Å². The molecular weight excluding hydrogens is 314 g/mol. The summed E-state index contributed by atoms with van der Waals surface area (Å²) >= 11 is 0. The van der Waals surface area contributed by atoms with Crippen molar-refractivity contribution in [3.63, 3.8) is 0 Å². The third kappa shape index (κ3) is 3.37. The number of carbonyl (C=O) groups excluding carboxylic acids is 2. The highest BCUT2D eigenvalue weighted by Crippen LogP contribution is 2.27. The van der Waals surface area contributed by atoms with Crippen LogP contribution in [0.15, 0.2) is 24.4 Å². The van der Waals surface area contributed by atoms with Crippen molar-refractivity contribution in [2.24, 2.45) is 0 Å². The zero-order chi connectivity index (χ0) is 18.2. The number of nitro benzene ring substituents is 1. The van der Waals surface area contributed by atoms with Crippen LogP contribution in [-0.4, -0.2) is 46.1 Å². The fourth-order valence-electron chi connectivity index (χ4n) is 2.20. The number of nitro groups is 1. The van der Waals surface area contributed by atoms with E-state index in [2.05, 4.69) is 0 Å². The predicted molar refractivity (Wildman–Crippen MR) is 88.2 cm³/mol. The monoisotopic (exact) mass is 333 g/mol. The molecule has 0 fully saturated rings. The molecule has 2 rings (SSSR count). The van der Waals surface area contributed by atoms with Gasteiger partial charge in [0.25, 0.3) is 11.6 Å². The van der Waals surface area contributed by atoms with Gasteiger partial charge in [0.2, 0.25) is 0 Å². The van der Waals surface area contributed by atoms with Crippen molar-refractivity contribution in [2.75, 3.05) is 14.1 Å². The summed E-state index contributed by atoms with van der Waals surface area (Å²) in [6, 6.07) is 4.02. The highest BCUT2D eigenvalue weighted by molar-refractivity contribution is 6.09. The first-order valence-electron chi connectivity index (χ1n) is 7.26. The third-order valence-electron chi connectivity index (χ3n) is 3.23. The number of hydrogen-bond donors (Lipinski definition) is 0. The van der Waals surface area contributed by atoms with E-state index in [1.165, 1.54) is 29.3 Å². The fraction of sp³-hybridized carbons (Fsp3) is 0.375. The van der Waals surface area contributed by atoms with Crippen molar-refractivity contribution < 1.29 is 19.2 Å². The third-order valence-corrected chi connectivity index (χ3v) is 3.23. The van der Waals surface area contributed by atoms with Crippen molar-refractivity contribution in [3.8, 4) is 0 Å². The van der Waals surface area contributed by atoms with Gasteiger partial charge in [0, 0.05) is 37.8 Å². The van der Waals surface area contributed by atoms with E-state index >= 15 is 0 Å². The Bertz CT molecular complexity index is 830. The Morgan fingerprint density at radius 2 is 1.88 bits per heavy atom. The molecular formula is C16H19N3O5. The molecule has 0 bridgehead atoms. The van der Waals surface area contributed by atoms with Gasteiger partial charge in [-0.05, 0) is 26.8 Å². The van der Waals surface area contributed by atoms with Gasteiger partial charge in [0.15, 0.2) is 0 Å². The molecule has 1 aromatic heterocycles. The van der Waals surface area contributed by atoms with Gasteiger partial charge in [-0.15, -0.1) is 0 Å². The SMILES string of the molecule is CN(C)C(=O)c1cn(C(=O)OC(C)(C)C)c2cc([N+](=O)[O-])ccc12. The summed E-state index contributed by atoms with van der Waals surface area (Å²) in [6.45, 7) is 5.14. The molecule has 0 aliphatic heterocycles. The quantitative estimate of drug-likeness (QED) is 0.622. The number of nitrogens with zero attached hydrogens (tertiary/aromatic N) is 3. The minimum absolute atomic E-state index is 0.172. The van der Waals surface area contributed by atoms with Crippen LogP contribution in [0, 0.1) is 10.1 Å². The second-order valence-electron chi connectivity index (χ2n) is 6.55. The summed E-state index contributed by atoms with van der Waals surface area (Å²) in [7, 11) is 3.18. The van der Waals surface area contributed by atoms with Crippen LogP contribution in [0.5, 0.6) is 0 Å². The van der Waals surface area contributed by atoms with Gasteiger partial charge in [-0.3, -0.25) is 19.5 Å². The van der Waals surface area contributed by atoms with Gasteiger partial charge in [-0.2, -0.15) is 0 Å². The lowest BCUT2D eigenvalue weighted by Crippen LogP contribution is -2.27. The number of ether oxygens (including phenoxy) is 1. The predicted octanol–water partition coefficient (Wildman–Crippen LogP) is 3.03. The van der Waals surface area contributed by atoms with Crippen LogP contribution in [0.1, 0.15) is 31.1 Å². The first kappa shape index (κ1) is 17.5. The van der Waals surface area contributed by atoms with Crippen LogP contribution in [0.2, 0.25) is 0 Å². The Morgan fingerprint density at radius 3 is 2.38 bits per heavy atom. The van der Waals surface area contributed by atoms with Gasteiger partial charge >= 0.3 is 6.09 Å². The van der Waals surface area contributed by atoms with Crippen molar-refractivity contribution in [3.05, 3.63) is 40.1 Å². The molecule has 8 nitrogen and oxygen atoms in total. The van der Waals surface area contributed by atoms with E-state index in [1.807, 2.05) is 0 Å². The molecule has 1 aromatic carbocycles. The van der Waals surface area contributed by atoms with Crippen LogP contribution in [-0.2, 0) is 4.74 Å². The van der Waals surface area contributed by atoms with E-state index < -0.39 is 16.6 Å². The minimum atomic E-state index is -0.736. The second kappa shape index (κ2) is 5.95. The number of benzene rings is 1. The number of aromatic nitrogens is 1. The number of non-ortho nitro benzene ring substituents is 1. The normalized spacial score (nSPS) is 11.4. The Kier molecular flexibility index (Phi) is 4.33. The summed E-state index contributed by atoms with van der Waals surface area (Å²) in [4.78, 5) is 36.6. The van der Waals surface area contributed by atoms with Crippen LogP contribution in [0.25, 0.3) is 10.9 Å². The number of rotatable bonds is 2. The molecule has 1 heterocycles. The van der Waals surface area contributed by atoms with Crippen LogP contribution < -0.4 is 0 Å². The smallest absolute Gasteiger partial charge is 0.419 e. The number of fused-ring (bicyclic) bond motifs is 1. The molecule has 0 saturated heterocycles. The molecule has 0 radical (unpaired) electrons. The maximum Gasteiger partial charge on any atom is 0.419 e. The van der Waals surface area contributed by atoms with Crippen LogP contribution >= 0.6 is 0 Å². The Hall–Kier alpha value is -2.90. The zero-order valence-corrected chi connectivity index (χ0v) is 14.2. The maximum atomic E-state index is 12.4. The molecule has 0 N–H and O–H groups in total. The van der Waals surface area contributed by atoms with E-state index in [-0.39, 0.29) is 22.7 Å². The Balaban J connectivity index is 2.68. The zero-order valence-electron chi connectivity index (χ0n) is 14.2. The standard InChI is InChI=1S/C16H19N3O5/c1-16(2,3)24-15(21)18-9-12(14(20)17(4)5)11-7-6-10(19(22)23)8-13(11)18/h6-9H,1-5H3. The lowest BCUT2D eigenvalue weighted by atomic mass is 10.1. The average Bonchev–Trinajstić information content (AvgIpc) is 2.83. The molecule has 8 heteroatoms. The summed E-state index contributed by atoms with van der Waals surface area (Å²) in [6.07, 6.45) is 0.649. The molecule has 0 atom stereocenters. The highest BCUT2D eigenvalue weighted by Gasteiger charge is 2.24. The summed E-state index contributed by atoms with van der Waals surface area (Å²) in [5.74, 6) is -0.309. The number of hydrogen-bond acceptors (Lipinski definition) is 5. The average molecular weight is 333 g/mol. The second-order valence-corrected chi connectivity index (χ2v) is 6.55. The molecule has 2 aromatic rings. The molecule has 0 aliphatic rings. The van der Waals surface area contributed by atoms with E-state index in [4.69, 9.17) is 4.74 Å². The maximum absolute atomic E-state index is 12.4. The molecule has 0 unspecified atom stereocenters. The van der Waals surface area contributed by atoms with Gasteiger partial charge in [0.05, 0.1) is 16.0 Å². The Labute approximate surface area is 138 Å². The van der Waals surface area contributed by atoms with Crippen molar-refractivity contribution >= 4 is 28.6 Å². The van der Waals surface area contributed by atoms with Crippen molar-refractivity contribution in [1.29, 1.82) is 0 Å². The summed E-state index contributed by atoms with van der Waals surface area (Å²) in [5, 5.41) is 11.5. The van der Waals surface area contributed by atoms with E-state index in [0.717, 1.165) is 4.57 Å². The molecule has 128 valence electrons. The molecule has 0 saturated carbocycles. The highest BCUT2D eigenvalue weighted by atomic mass is 16.6. The first-order valence-corrected chi connectivity index (χ1v) is 7.26. The molecule has 1 amide bonds. The summed E-state index contributed by atoms with van der Waals surface area (Å²) < 4.78 is 6.44. The van der Waals surface area contributed by atoms with E-state index in [9.17, 15) is 19.7 Å². The van der Waals surface area contributed by atoms with E-state index in [0.29, 0.717) is 5.39 Å². The van der Waals surface area contributed by atoms with Gasteiger partial charge in [-0.25, -0.2) is 4.79 Å². The number of carbonyl (C=O) groups is 2. The lowest BCUT2D eigenvalue weighted by Gasteiger charge is -2.19. The van der Waals surface area contributed by atoms with Crippen molar-refractivity contribution in [1.82, 2.24) is 9.47 Å². The molecule has 24 heavy (non-hydrogen) atoms. The minimum Gasteiger partial charge on any atom is -0.443 e.